The molecule has 2 N–H and O–H groups in total. The largest absolute Gasteiger partial charge is 0.367 e. The SMILES string of the molecule is CS(=O)(=O)N1CCCC(F)C1.Nc1ncc2c(F)cc(-c3c(F)cc(F)c(C(F)F)c3F)n2n1. The van der Waals surface area contributed by atoms with Crippen LogP contribution in [-0.2, 0) is 10.0 Å². The van der Waals surface area contributed by atoms with Crippen LogP contribution in [0.5, 0.6) is 0 Å². The molecule has 0 spiro atoms. The summed E-state index contributed by atoms with van der Waals surface area (Å²) in [6.45, 7) is 0.512. The summed E-state index contributed by atoms with van der Waals surface area (Å²) < 4.78 is 117. The van der Waals surface area contributed by atoms with Crippen molar-refractivity contribution < 1.29 is 39.2 Å². The average molecular weight is 513 g/mol. The highest BCUT2D eigenvalue weighted by Crippen LogP contribution is 2.35. The Morgan fingerprint density at radius 3 is 2.35 bits per heavy atom. The molecule has 7 nitrogen and oxygen atoms in total. The summed E-state index contributed by atoms with van der Waals surface area (Å²) in [6, 6.07) is 0.764. The van der Waals surface area contributed by atoms with Gasteiger partial charge in [0, 0.05) is 25.2 Å². The fourth-order valence-electron chi connectivity index (χ4n) is 3.38. The lowest BCUT2D eigenvalue weighted by molar-refractivity contribution is 0.141. The van der Waals surface area contributed by atoms with Crippen LogP contribution in [0.3, 0.4) is 0 Å². The van der Waals surface area contributed by atoms with Gasteiger partial charge in [0.25, 0.3) is 6.43 Å². The number of nitrogen functional groups attached to an aromatic ring is 1. The zero-order valence-electron chi connectivity index (χ0n) is 17.5. The molecule has 1 aromatic carbocycles. The Hall–Kier alpha value is -2.94. The zero-order valence-corrected chi connectivity index (χ0v) is 18.3. The van der Waals surface area contributed by atoms with Gasteiger partial charge in [-0.05, 0) is 12.8 Å². The highest BCUT2D eigenvalue weighted by atomic mass is 32.2. The monoisotopic (exact) mass is 513 g/mol. The second kappa shape index (κ2) is 9.74. The van der Waals surface area contributed by atoms with Gasteiger partial charge in [-0.2, -0.15) is 4.31 Å². The molecule has 1 aliphatic rings. The van der Waals surface area contributed by atoms with Crippen LogP contribution in [0, 0.1) is 23.3 Å². The van der Waals surface area contributed by atoms with Crippen molar-refractivity contribution in [2.24, 2.45) is 0 Å². The summed E-state index contributed by atoms with van der Waals surface area (Å²) in [6.07, 6.45) is -1.30. The summed E-state index contributed by atoms with van der Waals surface area (Å²) in [5, 5.41) is 3.58. The van der Waals surface area contributed by atoms with Gasteiger partial charge in [0.1, 0.15) is 29.1 Å². The summed E-state index contributed by atoms with van der Waals surface area (Å²) >= 11 is 0. The number of alkyl halides is 3. The van der Waals surface area contributed by atoms with Crippen molar-refractivity contribution >= 4 is 21.5 Å². The third-order valence-corrected chi connectivity index (χ3v) is 6.23. The highest BCUT2D eigenvalue weighted by molar-refractivity contribution is 7.88. The molecule has 2 aromatic heterocycles. The minimum atomic E-state index is -3.52. The Morgan fingerprint density at radius 2 is 1.79 bits per heavy atom. The van der Waals surface area contributed by atoms with Crippen molar-refractivity contribution in [1.82, 2.24) is 18.9 Å². The average Bonchev–Trinajstić information content (AvgIpc) is 3.02. The number of nitrogens with two attached hydrogens (primary N) is 1. The van der Waals surface area contributed by atoms with Crippen LogP contribution in [0.2, 0.25) is 0 Å². The predicted molar refractivity (Wildman–Crippen MR) is 108 cm³/mol. The molecule has 34 heavy (non-hydrogen) atoms. The van der Waals surface area contributed by atoms with Gasteiger partial charge in [-0.15, -0.1) is 5.10 Å². The van der Waals surface area contributed by atoms with Crippen LogP contribution in [0.25, 0.3) is 16.8 Å². The van der Waals surface area contributed by atoms with E-state index < -0.39 is 62.7 Å². The van der Waals surface area contributed by atoms with Crippen molar-refractivity contribution in [2.75, 3.05) is 25.1 Å². The van der Waals surface area contributed by atoms with Crippen molar-refractivity contribution in [3.05, 3.63) is 47.2 Å². The van der Waals surface area contributed by atoms with E-state index in [-0.39, 0.29) is 24.1 Å². The molecule has 3 aromatic rings. The first kappa shape index (κ1) is 25.7. The molecule has 0 bridgehead atoms. The molecule has 1 fully saturated rings. The number of rotatable bonds is 3. The van der Waals surface area contributed by atoms with Crippen LogP contribution < -0.4 is 5.73 Å². The van der Waals surface area contributed by atoms with E-state index in [1.54, 1.807) is 0 Å². The third kappa shape index (κ3) is 5.24. The number of aromatic nitrogens is 3. The molecule has 186 valence electrons. The number of hydrogen-bond donors (Lipinski definition) is 1. The smallest absolute Gasteiger partial charge is 0.269 e. The molecule has 1 unspecified atom stereocenters. The molecule has 15 heteroatoms. The van der Waals surface area contributed by atoms with E-state index in [0.717, 1.165) is 12.5 Å². The van der Waals surface area contributed by atoms with Crippen LogP contribution in [0.1, 0.15) is 24.8 Å². The van der Waals surface area contributed by atoms with E-state index >= 15 is 0 Å². The maximum atomic E-state index is 14.2. The zero-order chi connectivity index (χ0) is 25.4. The normalized spacial score (nSPS) is 17.1. The number of anilines is 1. The standard InChI is InChI=1S/C13H6F6N4.C6H12FNO2S/c14-4-2-7(23-8(4)3-21-13(20)22-23)9-5(15)1-6(16)10(11(9)17)12(18)19;1-11(9,10)8-4-2-3-6(7)5-8/h1-3,12H,(H2,20,22);6H,2-5H2,1H3. The lowest BCUT2D eigenvalue weighted by Gasteiger charge is -2.26. The fraction of sp³-hybridized carbons (Fsp3) is 0.368. The van der Waals surface area contributed by atoms with E-state index in [1.807, 2.05) is 0 Å². The highest BCUT2D eigenvalue weighted by Gasteiger charge is 2.28. The van der Waals surface area contributed by atoms with Gasteiger partial charge < -0.3 is 5.73 Å². The Bertz CT molecular complexity index is 1320. The number of hydrogen-bond acceptors (Lipinski definition) is 5. The molecular weight excluding hydrogens is 495 g/mol. The van der Waals surface area contributed by atoms with Gasteiger partial charge in [-0.3, -0.25) is 0 Å². The molecule has 1 atom stereocenters. The minimum absolute atomic E-state index is 0.0405. The summed E-state index contributed by atoms with van der Waals surface area (Å²) in [4.78, 5) is 3.52. The Balaban J connectivity index is 0.000000248. The van der Waals surface area contributed by atoms with Crippen molar-refractivity contribution in [2.45, 2.75) is 25.4 Å². The summed E-state index contributed by atoms with van der Waals surface area (Å²) in [5.41, 5.74) is 1.85. The molecule has 0 saturated carbocycles. The van der Waals surface area contributed by atoms with Gasteiger partial charge in [-0.1, -0.05) is 0 Å². The lowest BCUT2D eigenvalue weighted by atomic mass is 10.1. The van der Waals surface area contributed by atoms with Crippen LogP contribution in [0.15, 0.2) is 18.3 Å². The second-order valence-electron chi connectivity index (χ2n) is 7.40. The molecule has 0 amide bonds. The first-order chi connectivity index (χ1) is 15.8. The Morgan fingerprint density at radius 1 is 1.12 bits per heavy atom. The molecule has 0 radical (unpaired) electrons. The van der Waals surface area contributed by atoms with Gasteiger partial charge in [0.2, 0.25) is 16.0 Å². The Kier molecular flexibility index (Phi) is 7.35. The van der Waals surface area contributed by atoms with E-state index in [0.29, 0.717) is 30.0 Å². The van der Waals surface area contributed by atoms with Crippen LogP contribution >= 0.6 is 0 Å². The predicted octanol–water partition coefficient (Wildman–Crippen LogP) is 3.85. The van der Waals surface area contributed by atoms with Crippen LogP contribution in [-0.4, -0.2) is 52.8 Å². The summed E-state index contributed by atoms with van der Waals surface area (Å²) in [7, 11) is -3.17. The van der Waals surface area contributed by atoms with Gasteiger partial charge >= 0.3 is 0 Å². The Labute approximate surface area is 189 Å². The van der Waals surface area contributed by atoms with E-state index in [1.165, 1.54) is 4.31 Å². The topological polar surface area (TPSA) is 93.6 Å². The summed E-state index contributed by atoms with van der Waals surface area (Å²) in [5.74, 6) is -6.36. The molecule has 3 heterocycles. The van der Waals surface area contributed by atoms with E-state index in [9.17, 15) is 39.2 Å². The molecule has 1 aliphatic heterocycles. The first-order valence-electron chi connectivity index (χ1n) is 9.66. The maximum absolute atomic E-state index is 14.2. The fourth-order valence-corrected chi connectivity index (χ4v) is 4.27. The first-order valence-corrected chi connectivity index (χ1v) is 11.5. The van der Waals surface area contributed by atoms with Crippen molar-refractivity contribution in [1.29, 1.82) is 0 Å². The lowest BCUT2D eigenvalue weighted by Crippen LogP contribution is -2.39. The minimum Gasteiger partial charge on any atom is -0.367 e. The third-order valence-electron chi connectivity index (χ3n) is 4.96. The number of fused-ring (bicyclic) bond motifs is 1. The number of nitrogens with zero attached hydrogens (tertiary/aromatic N) is 4. The van der Waals surface area contributed by atoms with Crippen LogP contribution in [0.4, 0.5) is 36.7 Å². The van der Waals surface area contributed by atoms with E-state index in [2.05, 4.69) is 10.1 Å². The maximum Gasteiger partial charge on any atom is 0.269 e. The second-order valence-corrected chi connectivity index (χ2v) is 9.38. The number of piperidine rings is 1. The van der Waals surface area contributed by atoms with E-state index in [4.69, 9.17) is 5.73 Å². The molecular formula is C19H18F7N5O2S. The molecule has 4 rings (SSSR count). The number of halogens is 7. The number of sulfonamides is 1. The van der Waals surface area contributed by atoms with Gasteiger partial charge in [0.05, 0.1) is 29.3 Å². The number of benzene rings is 1. The van der Waals surface area contributed by atoms with Gasteiger partial charge in [-0.25, -0.2) is 48.7 Å². The van der Waals surface area contributed by atoms with Crippen molar-refractivity contribution in [3.8, 4) is 11.3 Å². The van der Waals surface area contributed by atoms with Gasteiger partial charge in [0.15, 0.2) is 5.82 Å². The molecule has 1 saturated heterocycles. The quantitative estimate of drug-likeness (QED) is 0.537. The molecule has 0 aliphatic carbocycles. The van der Waals surface area contributed by atoms with Crippen molar-refractivity contribution in [3.63, 3.8) is 0 Å².